The zero-order valence-corrected chi connectivity index (χ0v) is 13.0. The van der Waals surface area contributed by atoms with Crippen LogP contribution in [0.3, 0.4) is 0 Å². The van der Waals surface area contributed by atoms with Crippen molar-refractivity contribution in [3.8, 4) is 0 Å². The van der Waals surface area contributed by atoms with Crippen molar-refractivity contribution >= 4 is 21.6 Å². The molecule has 23 heavy (non-hydrogen) atoms. The predicted molar refractivity (Wildman–Crippen MR) is 85.2 cm³/mol. The van der Waals surface area contributed by atoms with Crippen LogP contribution in [0.15, 0.2) is 53.4 Å². The average molecular weight is 335 g/mol. The van der Waals surface area contributed by atoms with Crippen molar-refractivity contribution in [3.63, 3.8) is 0 Å². The van der Waals surface area contributed by atoms with Crippen LogP contribution in [0.5, 0.6) is 0 Å². The van der Waals surface area contributed by atoms with Gasteiger partial charge in [-0.2, -0.15) is 0 Å². The number of primary sulfonamides is 1. The summed E-state index contributed by atoms with van der Waals surface area (Å²) in [5.41, 5.74) is 2.58. The van der Waals surface area contributed by atoms with Crippen LogP contribution in [0.1, 0.15) is 15.9 Å². The van der Waals surface area contributed by atoms with E-state index in [1.807, 2.05) is 0 Å². The zero-order chi connectivity index (χ0) is 16.9. The van der Waals surface area contributed by atoms with Gasteiger partial charge >= 0.3 is 0 Å². The number of carbonyl (C=O) groups is 1. The van der Waals surface area contributed by atoms with Gasteiger partial charge in [-0.15, -0.1) is 0 Å². The lowest BCUT2D eigenvalue weighted by atomic mass is 10.1. The van der Waals surface area contributed by atoms with E-state index in [1.54, 1.807) is 36.4 Å². The van der Waals surface area contributed by atoms with Gasteiger partial charge in [-0.05, 0) is 36.2 Å². The van der Waals surface area contributed by atoms with Crippen molar-refractivity contribution in [2.75, 3.05) is 6.54 Å². The number of rotatable bonds is 6. The van der Waals surface area contributed by atoms with Crippen LogP contribution < -0.4 is 15.9 Å². The standard InChI is InChI=1S/C15H17N3O4S/c16-23(21,22)14-7-1-11(2-8-14)9-10-17-15(19)12-3-5-13(18-20)6-4-12/h1-8H,9-10,18H2,(H,17,19)(H2,16,21,22). The van der Waals surface area contributed by atoms with Crippen LogP contribution in [0.4, 0.5) is 5.69 Å². The van der Waals surface area contributed by atoms with E-state index in [9.17, 15) is 18.4 Å². The minimum Gasteiger partial charge on any atom is -0.630 e. The third-order valence-corrected chi connectivity index (χ3v) is 4.19. The van der Waals surface area contributed by atoms with Gasteiger partial charge in [-0.1, -0.05) is 12.1 Å². The second-order valence-corrected chi connectivity index (χ2v) is 6.50. The van der Waals surface area contributed by atoms with Crippen LogP contribution in [0, 0.1) is 5.21 Å². The Labute approximate surface area is 134 Å². The Balaban J connectivity index is 1.87. The van der Waals surface area contributed by atoms with E-state index in [1.165, 1.54) is 12.1 Å². The van der Waals surface area contributed by atoms with Crippen molar-refractivity contribution in [2.24, 2.45) is 5.14 Å². The molecule has 0 fully saturated rings. The first-order valence-corrected chi connectivity index (χ1v) is 8.40. The highest BCUT2D eigenvalue weighted by Crippen LogP contribution is 2.09. The van der Waals surface area contributed by atoms with Gasteiger partial charge in [-0.3, -0.25) is 4.79 Å². The molecule has 0 radical (unpaired) electrons. The van der Waals surface area contributed by atoms with E-state index in [4.69, 9.17) is 5.14 Å². The molecular formula is C15H17N3O4S. The first-order chi connectivity index (χ1) is 10.9. The summed E-state index contributed by atoms with van der Waals surface area (Å²) in [5, 5.41) is 18.3. The number of hydrogen-bond donors (Lipinski definition) is 3. The molecule has 2 aromatic rings. The highest BCUT2D eigenvalue weighted by molar-refractivity contribution is 7.89. The number of nitrogens with two attached hydrogens (primary N) is 2. The molecule has 0 aliphatic carbocycles. The maximum atomic E-state index is 11.9. The maximum absolute atomic E-state index is 11.9. The van der Waals surface area contributed by atoms with Crippen LogP contribution in [-0.2, 0) is 16.4 Å². The number of quaternary nitrogens is 1. The number of benzene rings is 2. The minimum atomic E-state index is -3.69. The second-order valence-electron chi connectivity index (χ2n) is 4.93. The van der Waals surface area contributed by atoms with Gasteiger partial charge < -0.3 is 16.0 Å². The fraction of sp³-hybridized carbons (Fsp3) is 0.133. The third-order valence-electron chi connectivity index (χ3n) is 3.26. The third kappa shape index (κ3) is 4.86. The highest BCUT2D eigenvalue weighted by atomic mass is 32.2. The number of nitrogens with one attached hydrogen (secondary N) is 1. The number of sulfonamides is 1. The summed E-state index contributed by atoms with van der Waals surface area (Å²) in [6.07, 6.45) is 0.559. The van der Waals surface area contributed by atoms with E-state index in [0.29, 0.717) is 29.7 Å². The molecule has 0 aliphatic heterocycles. The lowest BCUT2D eigenvalue weighted by Gasteiger charge is -2.07. The highest BCUT2D eigenvalue weighted by Gasteiger charge is 2.08. The van der Waals surface area contributed by atoms with Crippen molar-refractivity contribution in [3.05, 3.63) is 64.9 Å². The summed E-state index contributed by atoms with van der Waals surface area (Å²) < 4.78 is 22.3. The molecule has 0 aromatic heterocycles. The van der Waals surface area contributed by atoms with Crippen LogP contribution in [0.25, 0.3) is 0 Å². The van der Waals surface area contributed by atoms with Crippen LogP contribution in [-0.4, -0.2) is 20.9 Å². The molecule has 2 aromatic carbocycles. The fourth-order valence-corrected chi connectivity index (χ4v) is 2.50. The molecule has 0 spiro atoms. The van der Waals surface area contributed by atoms with Gasteiger partial charge in [0.25, 0.3) is 5.91 Å². The Morgan fingerprint density at radius 2 is 1.70 bits per heavy atom. The summed E-state index contributed by atoms with van der Waals surface area (Å²) in [7, 11) is -3.69. The van der Waals surface area contributed by atoms with Gasteiger partial charge in [0, 0.05) is 24.2 Å². The fourth-order valence-electron chi connectivity index (χ4n) is 1.98. The zero-order valence-electron chi connectivity index (χ0n) is 12.2. The molecule has 7 nitrogen and oxygen atoms in total. The Morgan fingerprint density at radius 3 is 2.22 bits per heavy atom. The van der Waals surface area contributed by atoms with E-state index in [0.717, 1.165) is 5.56 Å². The average Bonchev–Trinajstić information content (AvgIpc) is 2.54. The molecule has 1 amide bonds. The molecule has 0 saturated heterocycles. The topological polar surface area (TPSA) is 129 Å². The van der Waals surface area contributed by atoms with E-state index >= 15 is 0 Å². The molecule has 0 atom stereocenters. The minimum absolute atomic E-state index is 0.0561. The van der Waals surface area contributed by atoms with Crippen LogP contribution >= 0.6 is 0 Å². The van der Waals surface area contributed by atoms with E-state index < -0.39 is 10.0 Å². The predicted octanol–water partition coefficient (Wildman–Crippen LogP) is -0.000800. The van der Waals surface area contributed by atoms with Gasteiger partial charge in [0.1, 0.15) is 5.69 Å². The lowest BCUT2D eigenvalue weighted by Crippen LogP contribution is -2.70. The Kier molecular flexibility index (Phi) is 5.45. The molecule has 8 heteroatoms. The number of amides is 1. The summed E-state index contributed by atoms with van der Waals surface area (Å²) in [5.74, 6) is -0.233. The molecule has 122 valence electrons. The summed E-state index contributed by atoms with van der Waals surface area (Å²) in [6, 6.07) is 12.5. The largest absolute Gasteiger partial charge is 0.630 e. The molecule has 0 bridgehead atoms. The SMILES string of the molecule is NS(=O)(=O)c1ccc(CCNC(=O)c2ccc([NH2+][O-])cc2)cc1. The van der Waals surface area contributed by atoms with E-state index in [2.05, 4.69) is 5.32 Å². The Bertz CT molecular complexity index is 771. The van der Waals surface area contributed by atoms with Crippen molar-refractivity contribution in [1.82, 2.24) is 5.32 Å². The summed E-state index contributed by atoms with van der Waals surface area (Å²) in [6.45, 7) is 0.406. The molecular weight excluding hydrogens is 318 g/mol. The molecule has 5 N–H and O–H groups in total. The number of hydrogen-bond acceptors (Lipinski definition) is 4. The van der Waals surface area contributed by atoms with E-state index in [-0.39, 0.29) is 10.8 Å². The first-order valence-electron chi connectivity index (χ1n) is 6.85. The quantitative estimate of drug-likeness (QED) is 0.507. The second kappa shape index (κ2) is 7.34. The van der Waals surface area contributed by atoms with Crippen molar-refractivity contribution < 1.29 is 18.7 Å². The summed E-state index contributed by atoms with van der Waals surface area (Å²) in [4.78, 5) is 12.0. The Morgan fingerprint density at radius 1 is 1.09 bits per heavy atom. The maximum Gasteiger partial charge on any atom is 0.251 e. The van der Waals surface area contributed by atoms with Gasteiger partial charge in [0.15, 0.2) is 0 Å². The van der Waals surface area contributed by atoms with Gasteiger partial charge in [-0.25, -0.2) is 13.6 Å². The normalized spacial score (nSPS) is 11.2. The molecule has 0 heterocycles. The number of carbonyl (C=O) groups excluding carboxylic acids is 1. The monoisotopic (exact) mass is 335 g/mol. The smallest absolute Gasteiger partial charge is 0.251 e. The molecule has 0 unspecified atom stereocenters. The van der Waals surface area contributed by atoms with Gasteiger partial charge in [0.2, 0.25) is 10.0 Å². The Hall–Kier alpha value is -2.26. The first kappa shape index (κ1) is 17.1. The van der Waals surface area contributed by atoms with Crippen molar-refractivity contribution in [1.29, 1.82) is 0 Å². The van der Waals surface area contributed by atoms with Crippen molar-refractivity contribution in [2.45, 2.75) is 11.3 Å². The van der Waals surface area contributed by atoms with Gasteiger partial charge in [0.05, 0.1) is 4.90 Å². The molecule has 2 rings (SSSR count). The summed E-state index contributed by atoms with van der Waals surface area (Å²) >= 11 is 0. The van der Waals surface area contributed by atoms with Crippen LogP contribution in [0.2, 0.25) is 0 Å². The molecule has 0 aliphatic rings. The lowest BCUT2D eigenvalue weighted by molar-refractivity contribution is -0.497. The molecule has 0 saturated carbocycles.